The number of hydrogen-bond acceptors (Lipinski definition) is 16. The van der Waals surface area contributed by atoms with E-state index in [-0.39, 0.29) is 12.7 Å². The third-order valence-electron chi connectivity index (χ3n) is 20.6. The van der Waals surface area contributed by atoms with E-state index in [4.69, 9.17) is 50.6 Å². The number of nitrogens with zero attached hydrogens (tertiary/aromatic N) is 9. The van der Waals surface area contributed by atoms with Crippen molar-refractivity contribution >= 4 is 92.4 Å². The molecule has 23 nitrogen and oxygen atoms in total. The number of hydrogen-bond donors (Lipinski definition) is 9. The number of rotatable bonds is 36. The predicted molar refractivity (Wildman–Crippen MR) is 468 cm³/mol. The first-order chi connectivity index (χ1) is 57.6. The van der Waals surface area contributed by atoms with E-state index in [0.717, 1.165) is 214 Å². The van der Waals surface area contributed by atoms with Gasteiger partial charge in [-0.1, -0.05) is 171 Å². The Labute approximate surface area is 691 Å². The van der Waals surface area contributed by atoms with Gasteiger partial charge in [0.2, 0.25) is 0 Å². The third kappa shape index (κ3) is 27.6. The number of imidazole rings is 3. The number of likely N-dealkylation sites (N-methyl/N-ethyl adjacent to an activating group) is 1. The molecule has 118 heavy (non-hydrogen) atoms. The van der Waals surface area contributed by atoms with Gasteiger partial charge in [0.25, 0.3) is 23.6 Å². The van der Waals surface area contributed by atoms with Gasteiger partial charge in [-0.2, -0.15) is 0 Å². The minimum Gasteiger partial charge on any atom is -0.396 e. The lowest BCUT2D eigenvalue weighted by atomic mass is 9.87. The Hall–Kier alpha value is -11.9. The van der Waals surface area contributed by atoms with E-state index < -0.39 is 23.6 Å². The molecule has 616 valence electrons. The number of amides is 4. The Bertz CT molecular complexity index is 5180. The first kappa shape index (κ1) is 88.5. The Kier molecular flexibility index (Phi) is 35.5. The number of aliphatic hydroxyl groups is 1. The molecular formula is C95H111N13O10. The van der Waals surface area contributed by atoms with Crippen molar-refractivity contribution in [3.63, 3.8) is 0 Å². The van der Waals surface area contributed by atoms with E-state index in [1.807, 2.05) is 117 Å². The standard InChI is InChI=1S/C26H33N5O2.C24H29N3O3.C24H28N2O3.C21H21N3O2/c1-29-16-18-30(19-17-29)14-5-15-31-24-11-8-22(10-13-26(32)28-33)20-23(24)27-25(31)12-9-21-6-3-2-4-7-21;1-18(2)30-16-6-15-27-22-12-9-20(11-14-24(28)26-29)17-21(22)25-23(27)13-10-19-7-4-3-5-8-19;27-16-6-2-5-9-20-21-13-10-19(12-15-24(28)26-29)17-23(21)25-22(20)14-11-18-7-3-1-4-8-18;1-2-14-24-19-11-8-17(10-13-21(25)23-26)15-18(19)22-20(24)12-9-16-6-4-3-5-7-16/h2-4,6-8,10-11,13,20,33H,5,9,12,14-19H2,1H3,(H,28,32);3-5,7-9,11-12,14,17-18,29H,6,10,13,15-16H2,1-2H3,(H,26,28);1,3-4,7-8,10,12-13,15,17,20,27,29H,2,5-6,9,11,14,16H2,(H,26,28);2-8,10-11,13,15,26H,1,9,12,14H2,(H,23,25)/b13-10+;14-11+;15-12+;13-10+. The van der Waals surface area contributed by atoms with Crippen LogP contribution in [0.3, 0.4) is 0 Å². The topological polar surface area (TPSA) is 299 Å². The van der Waals surface area contributed by atoms with Crippen LogP contribution in [0.1, 0.15) is 132 Å². The molecule has 1 fully saturated rings. The van der Waals surface area contributed by atoms with Gasteiger partial charge in [-0.05, 0) is 202 Å². The molecule has 0 radical (unpaired) electrons. The van der Waals surface area contributed by atoms with E-state index in [9.17, 15) is 19.2 Å². The lowest BCUT2D eigenvalue weighted by molar-refractivity contribution is -0.124. The summed E-state index contributed by atoms with van der Waals surface area (Å²) in [6, 6.07) is 65.7. The SMILES string of the molecule is C=CCn1c(CCc2ccccc2)nc2cc(/C=C/C(=O)NO)ccc21.CC(C)OCCCn1c(CCc2ccccc2)nc2cc(/C=C/C(=O)NO)ccc21.CN1CCN(CCCn2c(CCc3ccccc3)nc3cc(/C=C/C(=O)NO)ccc32)CC1.O=C(/C=C/c1ccc2c(c1)N=C(CCc1ccccc1)C2CCCCCO)NO. The van der Waals surface area contributed by atoms with Crippen molar-refractivity contribution in [3.8, 4) is 0 Å². The van der Waals surface area contributed by atoms with Crippen LogP contribution >= 0.6 is 0 Å². The fraction of sp³-hybridized carbons (Fsp3) is 0.305. The number of fused-ring (bicyclic) bond motifs is 4. The molecule has 13 rings (SSSR count). The van der Waals surface area contributed by atoms with Gasteiger partial charge in [0, 0.05) is 114 Å². The summed E-state index contributed by atoms with van der Waals surface area (Å²) in [4.78, 5) is 69.4. The highest BCUT2D eigenvalue weighted by Gasteiger charge is 2.27. The number of aromatic nitrogens is 6. The second-order valence-corrected chi connectivity index (χ2v) is 29.5. The number of allylic oxidation sites excluding steroid dienone is 1. The number of aliphatic imine (C=N–C) groups is 1. The zero-order valence-corrected chi connectivity index (χ0v) is 67.8. The van der Waals surface area contributed by atoms with E-state index in [1.54, 1.807) is 46.2 Å². The molecule has 8 aromatic carbocycles. The van der Waals surface area contributed by atoms with Crippen molar-refractivity contribution in [2.75, 3.05) is 53.0 Å². The average molecular weight is 1600 g/mol. The highest BCUT2D eigenvalue weighted by Crippen LogP contribution is 2.41. The first-order valence-corrected chi connectivity index (χ1v) is 40.7. The van der Waals surface area contributed by atoms with Crippen molar-refractivity contribution in [3.05, 3.63) is 299 Å². The van der Waals surface area contributed by atoms with Crippen molar-refractivity contribution in [2.24, 2.45) is 4.99 Å². The first-order valence-electron chi connectivity index (χ1n) is 40.7. The lowest BCUT2D eigenvalue weighted by Gasteiger charge is -2.32. The molecule has 0 spiro atoms. The minimum absolute atomic E-state index is 0.229. The molecule has 1 atom stereocenters. The highest BCUT2D eigenvalue weighted by atomic mass is 16.5. The molecule has 1 unspecified atom stereocenters. The number of nitrogens with one attached hydrogen (secondary N) is 4. The molecule has 2 aliphatic heterocycles. The van der Waals surface area contributed by atoms with Gasteiger partial charge in [0.05, 0.1) is 44.9 Å². The van der Waals surface area contributed by atoms with Gasteiger partial charge < -0.3 is 33.3 Å². The van der Waals surface area contributed by atoms with Gasteiger partial charge in [-0.3, -0.25) is 45.0 Å². The number of benzene rings is 8. The van der Waals surface area contributed by atoms with Crippen LogP contribution in [0.2, 0.25) is 0 Å². The maximum Gasteiger partial charge on any atom is 0.267 e. The summed E-state index contributed by atoms with van der Waals surface area (Å²) in [7, 11) is 2.19. The number of hydroxylamine groups is 4. The summed E-state index contributed by atoms with van der Waals surface area (Å²) >= 11 is 0. The van der Waals surface area contributed by atoms with Gasteiger partial charge in [0.1, 0.15) is 17.5 Å². The summed E-state index contributed by atoms with van der Waals surface area (Å²) in [5.41, 5.74) is 24.4. The molecule has 5 heterocycles. The maximum absolute atomic E-state index is 11.3. The van der Waals surface area contributed by atoms with Gasteiger partial charge in [0.15, 0.2) is 0 Å². The summed E-state index contributed by atoms with van der Waals surface area (Å²) in [6.45, 7) is 17.0. The third-order valence-corrected chi connectivity index (χ3v) is 20.6. The number of aliphatic hydroxyl groups excluding tert-OH is 1. The predicted octanol–water partition coefficient (Wildman–Crippen LogP) is 15.2. The van der Waals surface area contributed by atoms with Crippen LogP contribution in [-0.2, 0) is 88.5 Å². The lowest BCUT2D eigenvalue weighted by Crippen LogP contribution is -2.44. The van der Waals surface area contributed by atoms with Crippen molar-refractivity contribution in [2.45, 2.75) is 135 Å². The number of aryl methyl sites for hydroxylation is 9. The van der Waals surface area contributed by atoms with E-state index in [1.165, 1.54) is 57.8 Å². The van der Waals surface area contributed by atoms with Crippen molar-refractivity contribution < 1.29 is 49.9 Å². The molecule has 4 amide bonds. The van der Waals surface area contributed by atoms with Gasteiger partial charge >= 0.3 is 0 Å². The second kappa shape index (κ2) is 47.3. The Morgan fingerprint density at radius 1 is 0.458 bits per heavy atom. The van der Waals surface area contributed by atoms with Crippen LogP contribution in [0.5, 0.6) is 0 Å². The summed E-state index contributed by atoms with van der Waals surface area (Å²) in [6.07, 6.45) is 27.1. The number of ether oxygens (including phenoxy) is 1. The zero-order valence-electron chi connectivity index (χ0n) is 67.8. The molecule has 3 aromatic heterocycles. The quantitative estimate of drug-likeness (QED) is 0.00580. The van der Waals surface area contributed by atoms with Crippen molar-refractivity contribution in [1.29, 1.82) is 0 Å². The van der Waals surface area contributed by atoms with E-state index >= 15 is 0 Å². The van der Waals surface area contributed by atoms with Crippen LogP contribution in [0, 0.1) is 0 Å². The van der Waals surface area contributed by atoms with Crippen LogP contribution in [-0.4, -0.2) is 153 Å². The number of piperazine rings is 1. The monoisotopic (exact) mass is 1590 g/mol. The summed E-state index contributed by atoms with van der Waals surface area (Å²) in [5.74, 6) is 1.24. The summed E-state index contributed by atoms with van der Waals surface area (Å²) in [5, 5.41) is 43.6. The molecule has 0 aliphatic carbocycles. The van der Waals surface area contributed by atoms with Gasteiger partial charge in [-0.25, -0.2) is 36.9 Å². The number of carbonyl (C=O) groups excluding carboxylic acids is 4. The Morgan fingerprint density at radius 3 is 1.25 bits per heavy atom. The van der Waals surface area contributed by atoms with E-state index in [2.05, 4.69) is 134 Å². The van der Waals surface area contributed by atoms with Crippen LogP contribution in [0.15, 0.2) is 236 Å². The minimum atomic E-state index is -0.564. The number of carbonyl (C=O) groups is 4. The van der Waals surface area contributed by atoms with Crippen LogP contribution in [0.4, 0.5) is 5.69 Å². The normalized spacial score (nSPS) is 13.5. The molecule has 1 saturated heterocycles. The largest absolute Gasteiger partial charge is 0.396 e. The fourth-order valence-corrected chi connectivity index (χ4v) is 14.5. The molecule has 0 bridgehead atoms. The molecule has 0 saturated carbocycles. The van der Waals surface area contributed by atoms with Crippen LogP contribution in [0.25, 0.3) is 57.4 Å². The molecule has 23 heteroatoms. The van der Waals surface area contributed by atoms with Crippen LogP contribution < -0.4 is 21.9 Å². The number of unbranched alkanes of at least 4 members (excludes halogenated alkanes) is 2. The highest BCUT2D eigenvalue weighted by molar-refractivity contribution is 5.99. The molecule has 2 aliphatic rings. The van der Waals surface area contributed by atoms with Crippen molar-refractivity contribution in [1.82, 2.24) is 60.4 Å². The molecule has 9 N–H and O–H groups in total. The summed E-state index contributed by atoms with van der Waals surface area (Å²) < 4.78 is 12.5. The Morgan fingerprint density at radius 2 is 0.847 bits per heavy atom. The maximum atomic E-state index is 11.3. The van der Waals surface area contributed by atoms with Gasteiger partial charge in [-0.15, -0.1) is 6.58 Å². The smallest absolute Gasteiger partial charge is 0.267 e. The Balaban J connectivity index is 0.000000166. The van der Waals surface area contributed by atoms with E-state index in [0.29, 0.717) is 19.1 Å². The second-order valence-electron chi connectivity index (χ2n) is 29.5. The average Bonchev–Trinajstić information content (AvgIpc) is 1.67. The zero-order chi connectivity index (χ0) is 83.2. The fourth-order valence-electron chi connectivity index (χ4n) is 14.5. The molecular weight excluding hydrogens is 1480 g/mol. The molecule has 11 aromatic rings.